The molecule has 168 valence electrons. The van der Waals surface area contributed by atoms with E-state index in [2.05, 4.69) is 26.3 Å². The van der Waals surface area contributed by atoms with E-state index in [4.69, 9.17) is 32.7 Å². The summed E-state index contributed by atoms with van der Waals surface area (Å²) < 4.78 is 14.0. The SMILES string of the molecule is O=C(Nc1cnn(COc2ccc(Br)cc2)c1)c1cccc(COc2cccc(Cl)c2Cl)c1. The summed E-state index contributed by atoms with van der Waals surface area (Å²) in [5.74, 6) is 0.945. The molecule has 1 amide bonds. The van der Waals surface area contributed by atoms with E-state index in [9.17, 15) is 4.79 Å². The number of halogens is 3. The highest BCUT2D eigenvalue weighted by Crippen LogP contribution is 2.32. The second kappa shape index (κ2) is 10.7. The minimum atomic E-state index is -0.258. The van der Waals surface area contributed by atoms with Crippen molar-refractivity contribution in [2.24, 2.45) is 0 Å². The normalized spacial score (nSPS) is 10.6. The van der Waals surface area contributed by atoms with Crippen LogP contribution in [-0.4, -0.2) is 15.7 Å². The molecule has 0 unspecified atom stereocenters. The second-order valence-electron chi connectivity index (χ2n) is 6.99. The first-order valence-corrected chi connectivity index (χ1v) is 11.4. The van der Waals surface area contributed by atoms with Gasteiger partial charge in [0.25, 0.3) is 5.91 Å². The van der Waals surface area contributed by atoms with Crippen LogP contribution >= 0.6 is 39.1 Å². The zero-order valence-electron chi connectivity index (χ0n) is 17.2. The largest absolute Gasteiger partial charge is 0.487 e. The fourth-order valence-electron chi connectivity index (χ4n) is 2.93. The quantitative estimate of drug-likeness (QED) is 0.263. The maximum atomic E-state index is 12.7. The Morgan fingerprint density at radius 1 is 1.03 bits per heavy atom. The Balaban J connectivity index is 1.34. The van der Waals surface area contributed by atoms with Crippen molar-refractivity contribution in [1.82, 2.24) is 9.78 Å². The number of carbonyl (C=O) groups excluding carboxylic acids is 1. The molecule has 9 heteroatoms. The molecule has 0 aliphatic carbocycles. The van der Waals surface area contributed by atoms with Crippen molar-refractivity contribution in [3.63, 3.8) is 0 Å². The zero-order chi connectivity index (χ0) is 23.2. The van der Waals surface area contributed by atoms with E-state index in [0.717, 1.165) is 15.8 Å². The van der Waals surface area contributed by atoms with Gasteiger partial charge in [-0.1, -0.05) is 57.3 Å². The molecule has 6 nitrogen and oxygen atoms in total. The van der Waals surface area contributed by atoms with Crippen molar-refractivity contribution in [2.75, 3.05) is 5.32 Å². The van der Waals surface area contributed by atoms with E-state index in [-0.39, 0.29) is 19.2 Å². The first-order valence-electron chi connectivity index (χ1n) is 9.86. The van der Waals surface area contributed by atoms with Crippen molar-refractivity contribution < 1.29 is 14.3 Å². The lowest BCUT2D eigenvalue weighted by Gasteiger charge is -2.10. The number of nitrogens with one attached hydrogen (secondary N) is 1. The number of hydrogen-bond acceptors (Lipinski definition) is 4. The Bertz CT molecular complexity index is 1260. The number of nitrogens with zero attached hydrogens (tertiary/aromatic N) is 2. The molecule has 1 heterocycles. The van der Waals surface area contributed by atoms with Crippen LogP contribution in [0.5, 0.6) is 11.5 Å². The maximum absolute atomic E-state index is 12.7. The monoisotopic (exact) mass is 545 g/mol. The summed E-state index contributed by atoms with van der Waals surface area (Å²) in [6.07, 6.45) is 3.27. The number of hydrogen-bond donors (Lipinski definition) is 1. The molecule has 3 aromatic carbocycles. The summed E-state index contributed by atoms with van der Waals surface area (Å²) in [6.45, 7) is 0.461. The summed E-state index contributed by atoms with van der Waals surface area (Å²) in [5.41, 5.74) is 1.87. The molecule has 4 rings (SSSR count). The Kier molecular flexibility index (Phi) is 7.54. The van der Waals surface area contributed by atoms with Gasteiger partial charge in [-0.2, -0.15) is 5.10 Å². The molecule has 0 saturated heterocycles. The van der Waals surface area contributed by atoms with Crippen molar-refractivity contribution in [1.29, 1.82) is 0 Å². The molecule has 1 aromatic heterocycles. The minimum Gasteiger partial charge on any atom is -0.487 e. The van der Waals surface area contributed by atoms with Crippen LogP contribution < -0.4 is 14.8 Å². The van der Waals surface area contributed by atoms with Gasteiger partial charge in [0.2, 0.25) is 0 Å². The molecular formula is C24H18BrCl2N3O3. The molecule has 4 aromatic rings. The third-order valence-electron chi connectivity index (χ3n) is 4.57. The van der Waals surface area contributed by atoms with Gasteiger partial charge in [-0.3, -0.25) is 4.79 Å². The number of amides is 1. The summed E-state index contributed by atoms with van der Waals surface area (Å²) in [4.78, 5) is 12.7. The van der Waals surface area contributed by atoms with E-state index < -0.39 is 0 Å². The lowest BCUT2D eigenvalue weighted by atomic mass is 10.1. The predicted molar refractivity (Wildman–Crippen MR) is 132 cm³/mol. The highest BCUT2D eigenvalue weighted by molar-refractivity contribution is 9.10. The first kappa shape index (κ1) is 23.2. The Hall–Kier alpha value is -3.00. The van der Waals surface area contributed by atoms with Gasteiger partial charge in [0.05, 0.1) is 23.1 Å². The van der Waals surface area contributed by atoms with Gasteiger partial charge in [-0.15, -0.1) is 0 Å². The molecule has 0 atom stereocenters. The highest BCUT2D eigenvalue weighted by Gasteiger charge is 2.10. The van der Waals surface area contributed by atoms with Gasteiger partial charge in [-0.25, -0.2) is 4.68 Å². The van der Waals surface area contributed by atoms with E-state index in [1.54, 1.807) is 53.5 Å². The van der Waals surface area contributed by atoms with E-state index in [1.165, 1.54) is 0 Å². The van der Waals surface area contributed by atoms with Gasteiger partial charge < -0.3 is 14.8 Å². The molecule has 0 bridgehead atoms. The number of aromatic nitrogens is 2. The molecular weight excluding hydrogens is 529 g/mol. The zero-order valence-corrected chi connectivity index (χ0v) is 20.3. The third-order valence-corrected chi connectivity index (χ3v) is 5.90. The number of anilines is 1. The van der Waals surface area contributed by atoms with Gasteiger partial charge in [0.15, 0.2) is 6.73 Å². The Morgan fingerprint density at radius 3 is 2.64 bits per heavy atom. The van der Waals surface area contributed by atoms with E-state index in [1.807, 2.05) is 30.3 Å². The van der Waals surface area contributed by atoms with Gasteiger partial charge in [0.1, 0.15) is 23.1 Å². The fourth-order valence-corrected chi connectivity index (χ4v) is 3.54. The lowest BCUT2D eigenvalue weighted by molar-refractivity contribution is 0.102. The molecule has 0 spiro atoms. The molecule has 0 aliphatic rings. The van der Waals surface area contributed by atoms with Crippen LogP contribution in [0, 0.1) is 0 Å². The fraction of sp³-hybridized carbons (Fsp3) is 0.0833. The number of benzene rings is 3. The van der Waals surface area contributed by atoms with Crippen molar-refractivity contribution >= 4 is 50.7 Å². The van der Waals surface area contributed by atoms with Crippen LogP contribution in [0.1, 0.15) is 15.9 Å². The van der Waals surface area contributed by atoms with Crippen LogP contribution in [0.4, 0.5) is 5.69 Å². The first-order chi connectivity index (χ1) is 16.0. The highest BCUT2D eigenvalue weighted by atomic mass is 79.9. The molecule has 1 N–H and O–H groups in total. The number of ether oxygens (including phenoxy) is 2. The van der Waals surface area contributed by atoms with Crippen molar-refractivity contribution in [3.8, 4) is 11.5 Å². The summed E-state index contributed by atoms with van der Waals surface area (Å²) in [6, 6.07) is 19.8. The lowest BCUT2D eigenvalue weighted by Crippen LogP contribution is -2.12. The maximum Gasteiger partial charge on any atom is 0.255 e. The molecule has 0 saturated carbocycles. The average Bonchev–Trinajstić information content (AvgIpc) is 3.27. The second-order valence-corrected chi connectivity index (χ2v) is 8.69. The van der Waals surface area contributed by atoms with E-state index >= 15 is 0 Å². The predicted octanol–water partition coefficient (Wildman–Crippen LogP) is 6.82. The third kappa shape index (κ3) is 6.28. The van der Waals surface area contributed by atoms with Gasteiger partial charge in [0, 0.05) is 10.0 Å². The minimum absolute atomic E-state index is 0.219. The topological polar surface area (TPSA) is 65.4 Å². The van der Waals surface area contributed by atoms with Crippen molar-refractivity contribution in [3.05, 3.63) is 105 Å². The van der Waals surface area contributed by atoms with E-state index in [0.29, 0.717) is 27.0 Å². The molecule has 0 radical (unpaired) electrons. The van der Waals surface area contributed by atoms with Gasteiger partial charge in [-0.05, 0) is 54.1 Å². The standard InChI is InChI=1S/C24H18BrCl2N3O3/c25-18-7-9-20(10-8-18)33-15-30-13-19(12-28-30)29-24(31)17-4-1-3-16(11-17)14-32-22-6-2-5-21(26)23(22)27/h1-13H,14-15H2,(H,29,31). The van der Waals surface area contributed by atoms with Crippen LogP contribution in [0.2, 0.25) is 10.0 Å². The molecule has 0 fully saturated rings. The van der Waals surface area contributed by atoms with Crippen LogP contribution in [0.3, 0.4) is 0 Å². The van der Waals surface area contributed by atoms with Crippen molar-refractivity contribution in [2.45, 2.75) is 13.3 Å². The van der Waals surface area contributed by atoms with Gasteiger partial charge >= 0.3 is 0 Å². The van der Waals surface area contributed by atoms with Crippen LogP contribution in [-0.2, 0) is 13.3 Å². The number of rotatable bonds is 8. The number of carbonyl (C=O) groups is 1. The summed E-state index contributed by atoms with van der Waals surface area (Å²) in [5, 5.41) is 7.83. The molecule has 33 heavy (non-hydrogen) atoms. The summed E-state index contributed by atoms with van der Waals surface area (Å²) >= 11 is 15.6. The Labute approximate surface area is 209 Å². The van der Waals surface area contributed by atoms with Crippen LogP contribution in [0.25, 0.3) is 0 Å². The Morgan fingerprint density at radius 2 is 1.82 bits per heavy atom. The smallest absolute Gasteiger partial charge is 0.255 e. The van der Waals surface area contributed by atoms with Crippen LogP contribution in [0.15, 0.2) is 83.6 Å². The molecule has 0 aliphatic heterocycles. The summed E-state index contributed by atoms with van der Waals surface area (Å²) in [7, 11) is 0. The average molecular weight is 547 g/mol.